The molecule has 5 heteroatoms. The minimum absolute atomic E-state index is 0.136. The van der Waals surface area contributed by atoms with Crippen LogP contribution in [-0.4, -0.2) is 17.6 Å². The lowest BCUT2D eigenvalue weighted by Crippen LogP contribution is -2.35. The Hall–Kier alpha value is -1.88. The average molecular weight is 303 g/mol. The number of carbonyl (C=O) groups excluding carboxylic acids is 1. The minimum atomic E-state index is -0.136. The molecule has 0 aliphatic rings. The van der Waals surface area contributed by atoms with Gasteiger partial charge in [-0.3, -0.25) is 0 Å². The third-order valence-corrected chi connectivity index (χ3v) is 4.21. The topological polar surface area (TPSA) is 54.0 Å². The Kier molecular flexibility index (Phi) is 5.75. The summed E-state index contributed by atoms with van der Waals surface area (Å²) in [6, 6.07) is 10.2. The second-order valence-electron chi connectivity index (χ2n) is 5.07. The molecule has 0 spiro atoms. The lowest BCUT2D eigenvalue weighted by molar-refractivity contribution is 0.240. The van der Waals surface area contributed by atoms with Crippen LogP contribution in [0.25, 0.3) is 0 Å². The molecule has 0 unspecified atom stereocenters. The summed E-state index contributed by atoms with van der Waals surface area (Å²) in [6.07, 6.45) is 2.74. The number of hydrogen-bond acceptors (Lipinski definition) is 3. The van der Waals surface area contributed by atoms with Crippen molar-refractivity contribution in [3.63, 3.8) is 0 Å². The summed E-state index contributed by atoms with van der Waals surface area (Å²) in [7, 11) is 0. The number of nitrogens with one attached hydrogen (secondary N) is 2. The molecule has 2 aromatic rings. The Balaban J connectivity index is 1.65. The Morgan fingerprint density at radius 2 is 2.05 bits per heavy atom. The molecular weight excluding hydrogens is 282 g/mol. The second-order valence-corrected chi connectivity index (χ2v) is 6.39. The van der Waals surface area contributed by atoms with E-state index in [-0.39, 0.29) is 6.03 Å². The van der Waals surface area contributed by atoms with E-state index in [0.717, 1.165) is 16.3 Å². The molecule has 0 aliphatic heterocycles. The fourth-order valence-electron chi connectivity index (χ4n) is 2.05. The van der Waals surface area contributed by atoms with Gasteiger partial charge in [-0.1, -0.05) is 37.3 Å². The first kappa shape index (κ1) is 15.5. The number of urea groups is 1. The highest BCUT2D eigenvalue weighted by atomic mass is 32.1. The van der Waals surface area contributed by atoms with Gasteiger partial charge in [0.05, 0.1) is 6.54 Å². The molecule has 1 aromatic carbocycles. The van der Waals surface area contributed by atoms with Gasteiger partial charge in [-0.15, -0.1) is 11.3 Å². The number of aryl methyl sites for hydroxylation is 1. The van der Waals surface area contributed by atoms with Crippen LogP contribution in [0.3, 0.4) is 0 Å². The lowest BCUT2D eigenvalue weighted by atomic mass is 9.98. The van der Waals surface area contributed by atoms with Crippen molar-refractivity contribution >= 4 is 17.4 Å². The summed E-state index contributed by atoms with van der Waals surface area (Å²) < 4.78 is 0. The number of rotatable bonds is 6. The number of aromatic nitrogens is 1. The van der Waals surface area contributed by atoms with E-state index < -0.39 is 0 Å². The maximum absolute atomic E-state index is 11.7. The molecule has 2 rings (SSSR count). The SMILES string of the molecule is Cc1cnc(CNC(=O)NCC[C@H](C)c2ccccc2)s1. The van der Waals surface area contributed by atoms with Gasteiger partial charge in [-0.2, -0.15) is 0 Å². The number of nitrogens with zero attached hydrogens (tertiary/aromatic N) is 1. The maximum atomic E-state index is 11.7. The van der Waals surface area contributed by atoms with Crippen molar-refractivity contribution in [2.45, 2.75) is 32.7 Å². The van der Waals surface area contributed by atoms with Gasteiger partial charge in [0.25, 0.3) is 0 Å². The largest absolute Gasteiger partial charge is 0.338 e. The smallest absolute Gasteiger partial charge is 0.315 e. The average Bonchev–Trinajstić information content (AvgIpc) is 2.91. The highest BCUT2D eigenvalue weighted by Gasteiger charge is 2.06. The first-order chi connectivity index (χ1) is 10.1. The van der Waals surface area contributed by atoms with E-state index in [1.165, 1.54) is 5.56 Å². The Labute approximate surface area is 129 Å². The van der Waals surface area contributed by atoms with Crippen molar-refractivity contribution in [3.05, 3.63) is 52.0 Å². The predicted molar refractivity (Wildman–Crippen MR) is 86.6 cm³/mol. The Morgan fingerprint density at radius 3 is 2.71 bits per heavy atom. The zero-order valence-corrected chi connectivity index (χ0v) is 13.2. The van der Waals surface area contributed by atoms with Gasteiger partial charge in [0.2, 0.25) is 0 Å². The van der Waals surface area contributed by atoms with Crippen molar-refractivity contribution in [1.29, 1.82) is 0 Å². The molecule has 1 heterocycles. The van der Waals surface area contributed by atoms with Crippen LogP contribution in [0.4, 0.5) is 4.79 Å². The number of thiazole rings is 1. The normalized spacial score (nSPS) is 11.9. The third kappa shape index (κ3) is 5.19. The molecule has 4 nitrogen and oxygen atoms in total. The van der Waals surface area contributed by atoms with Crippen LogP contribution in [-0.2, 0) is 6.54 Å². The molecule has 21 heavy (non-hydrogen) atoms. The van der Waals surface area contributed by atoms with E-state index in [1.54, 1.807) is 11.3 Å². The van der Waals surface area contributed by atoms with Crippen LogP contribution in [0, 0.1) is 6.92 Å². The second kappa shape index (κ2) is 7.78. The van der Waals surface area contributed by atoms with Crippen LogP contribution in [0.1, 0.15) is 34.7 Å². The minimum Gasteiger partial charge on any atom is -0.338 e. The number of hydrogen-bond donors (Lipinski definition) is 2. The summed E-state index contributed by atoms with van der Waals surface area (Å²) in [5, 5.41) is 6.64. The summed E-state index contributed by atoms with van der Waals surface area (Å²) in [4.78, 5) is 17.1. The molecule has 0 bridgehead atoms. The van der Waals surface area contributed by atoms with E-state index >= 15 is 0 Å². The van der Waals surface area contributed by atoms with E-state index in [1.807, 2.05) is 31.3 Å². The first-order valence-corrected chi connectivity index (χ1v) is 7.94. The molecule has 1 aromatic heterocycles. The van der Waals surface area contributed by atoms with Crippen LogP contribution < -0.4 is 10.6 Å². The standard InChI is InChI=1S/C16H21N3OS/c1-12(14-6-4-3-5-7-14)8-9-17-16(20)19-11-15-18-10-13(2)21-15/h3-7,10,12H,8-9,11H2,1-2H3,(H2,17,19,20)/t12-/m0/s1. The summed E-state index contributed by atoms with van der Waals surface area (Å²) in [5.74, 6) is 0.438. The fourth-order valence-corrected chi connectivity index (χ4v) is 2.78. The molecule has 112 valence electrons. The van der Waals surface area contributed by atoms with Crippen molar-refractivity contribution in [3.8, 4) is 0 Å². The molecule has 0 fully saturated rings. The van der Waals surface area contributed by atoms with Crippen LogP contribution >= 0.6 is 11.3 Å². The lowest BCUT2D eigenvalue weighted by Gasteiger charge is -2.12. The highest BCUT2D eigenvalue weighted by Crippen LogP contribution is 2.17. The van der Waals surface area contributed by atoms with Gasteiger partial charge in [0.1, 0.15) is 5.01 Å². The number of carbonyl (C=O) groups is 1. The summed E-state index contributed by atoms with van der Waals surface area (Å²) in [6.45, 7) is 5.33. The molecule has 0 radical (unpaired) electrons. The van der Waals surface area contributed by atoms with Crippen LogP contribution in [0.2, 0.25) is 0 Å². The predicted octanol–water partition coefficient (Wildman–Crippen LogP) is 3.44. The fraction of sp³-hybridized carbons (Fsp3) is 0.375. The van der Waals surface area contributed by atoms with Crippen molar-refractivity contribution in [2.75, 3.05) is 6.54 Å². The quantitative estimate of drug-likeness (QED) is 0.859. The monoisotopic (exact) mass is 303 g/mol. The van der Waals surface area contributed by atoms with Gasteiger partial charge in [-0.05, 0) is 24.8 Å². The number of amides is 2. The van der Waals surface area contributed by atoms with E-state index in [4.69, 9.17) is 0 Å². The molecule has 2 N–H and O–H groups in total. The highest BCUT2D eigenvalue weighted by molar-refractivity contribution is 7.11. The first-order valence-electron chi connectivity index (χ1n) is 7.13. The van der Waals surface area contributed by atoms with Gasteiger partial charge in [0, 0.05) is 17.6 Å². The maximum Gasteiger partial charge on any atom is 0.315 e. The molecule has 0 saturated heterocycles. The van der Waals surface area contributed by atoms with Gasteiger partial charge in [-0.25, -0.2) is 9.78 Å². The Bertz CT molecular complexity index is 568. The van der Waals surface area contributed by atoms with Gasteiger partial charge < -0.3 is 10.6 Å². The van der Waals surface area contributed by atoms with Crippen molar-refractivity contribution in [1.82, 2.24) is 15.6 Å². The summed E-state index contributed by atoms with van der Waals surface area (Å²) >= 11 is 1.60. The zero-order chi connectivity index (χ0) is 15.1. The van der Waals surface area contributed by atoms with Crippen molar-refractivity contribution < 1.29 is 4.79 Å². The van der Waals surface area contributed by atoms with Crippen LogP contribution in [0.5, 0.6) is 0 Å². The molecular formula is C16H21N3OS. The third-order valence-electron chi connectivity index (χ3n) is 3.30. The van der Waals surface area contributed by atoms with Crippen molar-refractivity contribution in [2.24, 2.45) is 0 Å². The van der Waals surface area contributed by atoms with Gasteiger partial charge >= 0.3 is 6.03 Å². The number of benzene rings is 1. The molecule has 2 amide bonds. The van der Waals surface area contributed by atoms with Crippen LogP contribution in [0.15, 0.2) is 36.5 Å². The van der Waals surface area contributed by atoms with E-state index in [9.17, 15) is 4.79 Å². The summed E-state index contributed by atoms with van der Waals surface area (Å²) in [5.41, 5.74) is 1.30. The molecule has 0 saturated carbocycles. The van der Waals surface area contributed by atoms with Gasteiger partial charge in [0.15, 0.2) is 0 Å². The Morgan fingerprint density at radius 1 is 1.29 bits per heavy atom. The zero-order valence-electron chi connectivity index (χ0n) is 12.4. The van der Waals surface area contributed by atoms with E-state index in [2.05, 4.69) is 34.7 Å². The van der Waals surface area contributed by atoms with E-state index in [0.29, 0.717) is 19.0 Å². The molecule has 0 aliphatic carbocycles. The molecule has 1 atom stereocenters.